The summed E-state index contributed by atoms with van der Waals surface area (Å²) in [5, 5.41) is 0. The van der Waals surface area contributed by atoms with Gasteiger partial charge in [0.15, 0.2) is 0 Å². The van der Waals surface area contributed by atoms with Crippen LogP contribution in [0.25, 0.3) is 0 Å². The first-order chi connectivity index (χ1) is 9.52. The molecule has 0 unspecified atom stereocenters. The maximum Gasteiger partial charge on any atom is 0.242 e. The Kier molecular flexibility index (Phi) is 6.98. The molecular formula is C14H24N2O3S. The van der Waals surface area contributed by atoms with Crippen molar-refractivity contribution in [3.8, 4) is 5.75 Å². The van der Waals surface area contributed by atoms with Crippen LogP contribution in [-0.4, -0.2) is 39.5 Å². The fourth-order valence-electron chi connectivity index (χ4n) is 1.77. The highest BCUT2D eigenvalue weighted by Crippen LogP contribution is 2.19. The third-order valence-electron chi connectivity index (χ3n) is 3.00. The van der Waals surface area contributed by atoms with Crippen LogP contribution in [0.1, 0.15) is 26.2 Å². The summed E-state index contributed by atoms with van der Waals surface area (Å²) in [5.74, 6) is 0.628. The molecule has 0 heterocycles. The molecule has 114 valence electrons. The van der Waals surface area contributed by atoms with Crippen LogP contribution >= 0.6 is 0 Å². The second-order valence-corrected chi connectivity index (χ2v) is 6.69. The van der Waals surface area contributed by atoms with Crippen molar-refractivity contribution < 1.29 is 13.2 Å². The average molecular weight is 300 g/mol. The number of nitrogens with zero attached hydrogens (tertiary/aromatic N) is 1. The molecule has 0 aliphatic heterocycles. The first-order valence-corrected chi connectivity index (χ1v) is 8.35. The Morgan fingerprint density at radius 2 is 1.85 bits per heavy atom. The molecule has 1 aromatic carbocycles. The van der Waals surface area contributed by atoms with Crippen LogP contribution in [-0.2, 0) is 10.0 Å². The fourth-order valence-corrected chi connectivity index (χ4v) is 2.98. The highest BCUT2D eigenvalue weighted by molar-refractivity contribution is 7.89. The van der Waals surface area contributed by atoms with Gasteiger partial charge in [-0.2, -0.15) is 0 Å². The number of sulfonamides is 1. The SMILES string of the molecule is CCCCCN(C)S(=O)(=O)c1ccc(OCCN)cc1. The molecule has 0 radical (unpaired) electrons. The Morgan fingerprint density at radius 1 is 1.20 bits per heavy atom. The lowest BCUT2D eigenvalue weighted by Gasteiger charge is -2.17. The van der Waals surface area contributed by atoms with Crippen molar-refractivity contribution in [3.63, 3.8) is 0 Å². The minimum absolute atomic E-state index is 0.289. The van der Waals surface area contributed by atoms with Crippen molar-refractivity contribution in [2.75, 3.05) is 26.7 Å². The normalized spacial score (nSPS) is 11.8. The van der Waals surface area contributed by atoms with E-state index >= 15 is 0 Å². The molecule has 2 N–H and O–H groups in total. The average Bonchev–Trinajstić information content (AvgIpc) is 2.45. The zero-order chi connectivity index (χ0) is 15.0. The van der Waals surface area contributed by atoms with Crippen LogP contribution in [0.15, 0.2) is 29.2 Å². The van der Waals surface area contributed by atoms with Gasteiger partial charge in [0.2, 0.25) is 10.0 Å². The van der Waals surface area contributed by atoms with Crippen LogP contribution in [0.3, 0.4) is 0 Å². The van der Waals surface area contributed by atoms with Crippen LogP contribution in [0.4, 0.5) is 0 Å². The summed E-state index contributed by atoms with van der Waals surface area (Å²) >= 11 is 0. The molecule has 0 saturated carbocycles. The van der Waals surface area contributed by atoms with Gasteiger partial charge in [0, 0.05) is 20.1 Å². The van der Waals surface area contributed by atoms with Gasteiger partial charge in [-0.1, -0.05) is 19.8 Å². The van der Waals surface area contributed by atoms with E-state index in [0.29, 0.717) is 25.4 Å². The van der Waals surface area contributed by atoms with E-state index in [4.69, 9.17) is 10.5 Å². The largest absolute Gasteiger partial charge is 0.492 e. The number of hydrogen-bond acceptors (Lipinski definition) is 4. The lowest BCUT2D eigenvalue weighted by Crippen LogP contribution is -2.27. The molecule has 1 aromatic rings. The number of nitrogens with two attached hydrogens (primary N) is 1. The Balaban J connectivity index is 2.71. The number of unbranched alkanes of at least 4 members (excludes halogenated alkanes) is 2. The summed E-state index contributed by atoms with van der Waals surface area (Å²) in [6.45, 7) is 3.49. The van der Waals surface area contributed by atoms with Gasteiger partial charge >= 0.3 is 0 Å². The van der Waals surface area contributed by atoms with Crippen molar-refractivity contribution in [1.29, 1.82) is 0 Å². The third-order valence-corrected chi connectivity index (χ3v) is 4.87. The molecular weight excluding hydrogens is 276 g/mol. The van der Waals surface area contributed by atoms with Crippen molar-refractivity contribution >= 4 is 10.0 Å². The standard InChI is InChI=1S/C14H24N2O3S/c1-3-4-5-11-16(2)20(17,18)14-8-6-13(7-9-14)19-12-10-15/h6-9H,3-5,10-12,15H2,1-2H3. The Hall–Kier alpha value is -1.11. The highest BCUT2D eigenvalue weighted by Gasteiger charge is 2.19. The summed E-state index contributed by atoms with van der Waals surface area (Å²) in [6.07, 6.45) is 2.98. The van der Waals surface area contributed by atoms with Crippen LogP contribution in [0, 0.1) is 0 Å². The van der Waals surface area contributed by atoms with Crippen molar-refractivity contribution in [3.05, 3.63) is 24.3 Å². The molecule has 0 bridgehead atoms. The minimum atomic E-state index is -3.40. The lowest BCUT2D eigenvalue weighted by molar-refractivity contribution is 0.328. The van der Waals surface area contributed by atoms with E-state index in [0.717, 1.165) is 19.3 Å². The molecule has 0 spiro atoms. The summed E-state index contributed by atoms with van der Waals surface area (Å²) < 4.78 is 31.4. The Bertz CT molecular complexity index is 486. The maximum absolute atomic E-state index is 12.3. The quantitative estimate of drug-likeness (QED) is 0.706. The van der Waals surface area contributed by atoms with E-state index in [1.54, 1.807) is 31.3 Å². The van der Waals surface area contributed by atoms with Gasteiger partial charge in [-0.15, -0.1) is 0 Å². The van der Waals surface area contributed by atoms with E-state index in [9.17, 15) is 8.42 Å². The van der Waals surface area contributed by atoms with E-state index < -0.39 is 10.0 Å². The molecule has 0 aliphatic carbocycles. The summed E-state index contributed by atoms with van der Waals surface area (Å²) in [7, 11) is -1.79. The molecule has 0 fully saturated rings. The second-order valence-electron chi connectivity index (χ2n) is 4.64. The van der Waals surface area contributed by atoms with Gasteiger partial charge in [0.25, 0.3) is 0 Å². The van der Waals surface area contributed by atoms with Gasteiger partial charge in [0.05, 0.1) is 4.90 Å². The Morgan fingerprint density at radius 3 is 2.40 bits per heavy atom. The molecule has 20 heavy (non-hydrogen) atoms. The van der Waals surface area contributed by atoms with Gasteiger partial charge in [-0.3, -0.25) is 0 Å². The monoisotopic (exact) mass is 300 g/mol. The van der Waals surface area contributed by atoms with Gasteiger partial charge in [0.1, 0.15) is 12.4 Å². The zero-order valence-corrected chi connectivity index (χ0v) is 13.0. The number of hydrogen-bond donors (Lipinski definition) is 1. The van der Waals surface area contributed by atoms with Crippen LogP contribution < -0.4 is 10.5 Å². The smallest absolute Gasteiger partial charge is 0.242 e. The van der Waals surface area contributed by atoms with Crippen molar-refractivity contribution in [2.45, 2.75) is 31.1 Å². The number of rotatable bonds is 9. The number of ether oxygens (including phenoxy) is 1. The maximum atomic E-state index is 12.3. The molecule has 6 heteroatoms. The second kappa shape index (κ2) is 8.24. The van der Waals surface area contributed by atoms with E-state index in [-0.39, 0.29) is 4.90 Å². The molecule has 1 rings (SSSR count). The molecule has 0 aliphatic rings. The predicted octanol–water partition coefficient (Wildman–Crippen LogP) is 1.83. The number of benzene rings is 1. The molecule has 0 atom stereocenters. The van der Waals surface area contributed by atoms with Crippen molar-refractivity contribution in [1.82, 2.24) is 4.31 Å². The topological polar surface area (TPSA) is 72.6 Å². The first kappa shape index (κ1) is 16.9. The molecule has 5 nitrogen and oxygen atoms in total. The lowest BCUT2D eigenvalue weighted by atomic mass is 10.2. The van der Waals surface area contributed by atoms with E-state index in [1.807, 2.05) is 0 Å². The summed E-state index contributed by atoms with van der Waals surface area (Å²) in [4.78, 5) is 0.289. The third kappa shape index (κ3) is 4.77. The Labute approximate surface area is 121 Å². The molecule has 0 amide bonds. The predicted molar refractivity (Wildman–Crippen MR) is 80.3 cm³/mol. The molecule has 0 saturated heterocycles. The van der Waals surface area contributed by atoms with Gasteiger partial charge < -0.3 is 10.5 Å². The first-order valence-electron chi connectivity index (χ1n) is 6.91. The van der Waals surface area contributed by atoms with Gasteiger partial charge in [-0.05, 0) is 30.7 Å². The van der Waals surface area contributed by atoms with E-state index in [2.05, 4.69) is 6.92 Å². The summed E-state index contributed by atoms with van der Waals surface area (Å²) in [6, 6.07) is 6.44. The zero-order valence-electron chi connectivity index (χ0n) is 12.2. The minimum Gasteiger partial charge on any atom is -0.492 e. The van der Waals surface area contributed by atoms with Crippen LogP contribution in [0.5, 0.6) is 5.75 Å². The molecule has 0 aromatic heterocycles. The van der Waals surface area contributed by atoms with Gasteiger partial charge in [-0.25, -0.2) is 12.7 Å². The van der Waals surface area contributed by atoms with Crippen LogP contribution in [0.2, 0.25) is 0 Å². The van der Waals surface area contributed by atoms with Crippen molar-refractivity contribution in [2.24, 2.45) is 5.73 Å². The highest BCUT2D eigenvalue weighted by atomic mass is 32.2. The summed E-state index contributed by atoms with van der Waals surface area (Å²) in [5.41, 5.74) is 5.35. The fraction of sp³-hybridized carbons (Fsp3) is 0.571. The van der Waals surface area contributed by atoms with E-state index in [1.165, 1.54) is 4.31 Å².